The molecule has 0 aromatic heterocycles. The second-order valence-electron chi connectivity index (χ2n) is 3.86. The number of ketones is 2. The van der Waals surface area contributed by atoms with Crippen LogP contribution in [-0.2, 0) is 4.74 Å². The van der Waals surface area contributed by atoms with E-state index in [4.69, 9.17) is 14.2 Å². The highest BCUT2D eigenvalue weighted by Crippen LogP contribution is 2.35. The molecule has 2 rings (SSSR count). The summed E-state index contributed by atoms with van der Waals surface area (Å²) in [6, 6.07) is 3.19. The van der Waals surface area contributed by atoms with Crippen LogP contribution in [0.4, 0.5) is 0 Å². The van der Waals surface area contributed by atoms with Crippen LogP contribution in [-0.4, -0.2) is 32.4 Å². The highest BCUT2D eigenvalue weighted by atomic mass is 16.5. The van der Waals surface area contributed by atoms with E-state index in [9.17, 15) is 9.59 Å². The normalized spacial score (nSPS) is 13.7. The van der Waals surface area contributed by atoms with Crippen molar-refractivity contribution in [3.05, 3.63) is 35.1 Å². The summed E-state index contributed by atoms with van der Waals surface area (Å²) >= 11 is 0. The zero-order chi connectivity index (χ0) is 14.0. The predicted octanol–water partition coefficient (Wildman–Crippen LogP) is 2.00. The molecule has 0 saturated carbocycles. The number of carbonyl (C=O) groups excluding carboxylic acids is 2. The summed E-state index contributed by atoms with van der Waals surface area (Å²) < 4.78 is 15.5. The Morgan fingerprint density at radius 3 is 2.11 bits per heavy atom. The maximum Gasteiger partial charge on any atom is 0.232 e. The lowest BCUT2D eigenvalue weighted by molar-refractivity contribution is 0.0887. The molecule has 0 atom stereocenters. The van der Waals surface area contributed by atoms with Crippen molar-refractivity contribution in [3.63, 3.8) is 0 Å². The van der Waals surface area contributed by atoms with Crippen LogP contribution >= 0.6 is 0 Å². The molecule has 1 aliphatic rings. The van der Waals surface area contributed by atoms with Crippen molar-refractivity contribution in [2.75, 3.05) is 20.8 Å². The molecule has 0 amide bonds. The van der Waals surface area contributed by atoms with Gasteiger partial charge in [-0.2, -0.15) is 0 Å². The third-order valence-corrected chi connectivity index (χ3v) is 2.83. The Bertz CT molecular complexity index is 571. The standard InChI is InChI=1S/C14H14O5/c1-4-19-11-7-8(15)12-9(17-2)5-6-10(18-3)13(12)14(11)16/h5-7H,4H2,1-3H3. The van der Waals surface area contributed by atoms with Gasteiger partial charge in [-0.15, -0.1) is 0 Å². The second-order valence-corrected chi connectivity index (χ2v) is 3.86. The Hall–Kier alpha value is -2.30. The average Bonchev–Trinajstić information content (AvgIpc) is 2.43. The van der Waals surface area contributed by atoms with Crippen molar-refractivity contribution < 1.29 is 23.8 Å². The van der Waals surface area contributed by atoms with E-state index < -0.39 is 0 Å². The summed E-state index contributed by atoms with van der Waals surface area (Å²) in [6.45, 7) is 2.06. The molecule has 0 aliphatic heterocycles. The summed E-state index contributed by atoms with van der Waals surface area (Å²) in [6.07, 6.45) is 1.19. The van der Waals surface area contributed by atoms with Crippen LogP contribution in [0.1, 0.15) is 27.6 Å². The fourth-order valence-electron chi connectivity index (χ4n) is 2.02. The lowest BCUT2D eigenvalue weighted by Gasteiger charge is -2.19. The Balaban J connectivity index is 2.66. The van der Waals surface area contributed by atoms with Gasteiger partial charge in [0.05, 0.1) is 32.0 Å². The van der Waals surface area contributed by atoms with Crippen LogP contribution in [0.5, 0.6) is 11.5 Å². The molecule has 0 spiro atoms. The molecule has 0 heterocycles. The lowest BCUT2D eigenvalue weighted by atomic mass is 9.91. The molecule has 0 N–H and O–H groups in total. The molecule has 0 bridgehead atoms. The number of Topliss-reactive ketones (excluding diaryl/α,β-unsaturated/α-hetero) is 1. The summed E-state index contributed by atoms with van der Waals surface area (Å²) in [5.74, 6) is 0.0213. The van der Waals surface area contributed by atoms with Crippen molar-refractivity contribution in [3.8, 4) is 11.5 Å². The van der Waals surface area contributed by atoms with Crippen molar-refractivity contribution in [2.45, 2.75) is 6.92 Å². The van der Waals surface area contributed by atoms with Crippen LogP contribution in [0.25, 0.3) is 0 Å². The van der Waals surface area contributed by atoms with Crippen molar-refractivity contribution in [1.29, 1.82) is 0 Å². The highest BCUT2D eigenvalue weighted by Gasteiger charge is 2.32. The Morgan fingerprint density at radius 1 is 1.00 bits per heavy atom. The molecule has 1 aromatic carbocycles. The van der Waals surface area contributed by atoms with Gasteiger partial charge in [0.15, 0.2) is 11.5 Å². The first-order valence-electron chi connectivity index (χ1n) is 5.82. The number of methoxy groups -OCH3 is 2. The van der Waals surface area contributed by atoms with Gasteiger partial charge in [-0.05, 0) is 19.1 Å². The van der Waals surface area contributed by atoms with Crippen molar-refractivity contribution in [1.82, 2.24) is 0 Å². The van der Waals surface area contributed by atoms with Gasteiger partial charge in [0.1, 0.15) is 11.5 Å². The summed E-state index contributed by atoms with van der Waals surface area (Å²) in [4.78, 5) is 24.4. The van der Waals surface area contributed by atoms with Gasteiger partial charge in [-0.25, -0.2) is 0 Å². The minimum Gasteiger partial charge on any atom is -0.496 e. The largest absolute Gasteiger partial charge is 0.496 e. The minimum atomic E-state index is -0.368. The van der Waals surface area contributed by atoms with E-state index in [1.807, 2.05) is 0 Å². The van der Waals surface area contributed by atoms with Gasteiger partial charge < -0.3 is 14.2 Å². The first kappa shape index (κ1) is 13.1. The predicted molar refractivity (Wildman–Crippen MR) is 67.9 cm³/mol. The zero-order valence-corrected chi connectivity index (χ0v) is 11.0. The summed E-state index contributed by atoms with van der Waals surface area (Å²) in [5, 5.41) is 0. The Kier molecular flexibility index (Phi) is 3.55. The SMILES string of the molecule is CCOC1=CC(=O)c2c(OC)ccc(OC)c2C1=O. The van der Waals surface area contributed by atoms with E-state index in [-0.39, 0.29) is 28.5 Å². The number of hydrogen-bond donors (Lipinski definition) is 0. The molecular weight excluding hydrogens is 248 g/mol. The minimum absolute atomic E-state index is 0.0338. The van der Waals surface area contributed by atoms with Crippen molar-refractivity contribution in [2.24, 2.45) is 0 Å². The van der Waals surface area contributed by atoms with E-state index in [0.717, 1.165) is 0 Å². The number of carbonyl (C=O) groups is 2. The van der Waals surface area contributed by atoms with E-state index in [0.29, 0.717) is 18.1 Å². The Morgan fingerprint density at radius 2 is 1.58 bits per heavy atom. The van der Waals surface area contributed by atoms with Gasteiger partial charge in [-0.3, -0.25) is 9.59 Å². The first-order valence-corrected chi connectivity index (χ1v) is 5.82. The molecule has 1 aromatic rings. The molecule has 5 heteroatoms. The Labute approximate surface area is 110 Å². The number of fused-ring (bicyclic) bond motifs is 1. The monoisotopic (exact) mass is 262 g/mol. The van der Waals surface area contributed by atoms with Crippen LogP contribution < -0.4 is 9.47 Å². The maximum atomic E-state index is 12.3. The molecule has 19 heavy (non-hydrogen) atoms. The van der Waals surface area contributed by atoms with Crippen LogP contribution in [0.3, 0.4) is 0 Å². The number of benzene rings is 1. The second kappa shape index (κ2) is 5.14. The smallest absolute Gasteiger partial charge is 0.232 e. The highest BCUT2D eigenvalue weighted by molar-refractivity contribution is 6.25. The quantitative estimate of drug-likeness (QED) is 0.830. The average molecular weight is 262 g/mol. The van der Waals surface area contributed by atoms with Gasteiger partial charge in [0, 0.05) is 6.08 Å². The van der Waals surface area contributed by atoms with Gasteiger partial charge in [-0.1, -0.05) is 0 Å². The van der Waals surface area contributed by atoms with E-state index in [1.54, 1.807) is 19.1 Å². The van der Waals surface area contributed by atoms with Gasteiger partial charge in [0.25, 0.3) is 0 Å². The molecule has 0 fully saturated rings. The topological polar surface area (TPSA) is 61.8 Å². The molecule has 0 unspecified atom stereocenters. The van der Waals surface area contributed by atoms with Crippen molar-refractivity contribution >= 4 is 11.6 Å². The van der Waals surface area contributed by atoms with Crippen LogP contribution in [0, 0.1) is 0 Å². The molecule has 100 valence electrons. The van der Waals surface area contributed by atoms with Crippen LogP contribution in [0.2, 0.25) is 0 Å². The number of allylic oxidation sites excluding steroid dienone is 2. The lowest BCUT2D eigenvalue weighted by Crippen LogP contribution is -2.20. The number of rotatable bonds is 4. The van der Waals surface area contributed by atoms with E-state index in [2.05, 4.69) is 0 Å². The summed E-state index contributed by atoms with van der Waals surface area (Å²) in [5.41, 5.74) is 0.410. The van der Waals surface area contributed by atoms with Gasteiger partial charge in [0.2, 0.25) is 5.78 Å². The maximum absolute atomic E-state index is 12.3. The zero-order valence-electron chi connectivity index (χ0n) is 11.0. The molecular formula is C14H14O5. The van der Waals surface area contributed by atoms with E-state index >= 15 is 0 Å². The molecule has 0 saturated heterocycles. The third-order valence-electron chi connectivity index (χ3n) is 2.83. The fraction of sp³-hybridized carbons (Fsp3) is 0.286. The number of hydrogen-bond acceptors (Lipinski definition) is 5. The number of ether oxygens (including phenoxy) is 3. The molecule has 0 radical (unpaired) electrons. The summed E-state index contributed by atoms with van der Waals surface area (Å²) in [7, 11) is 2.89. The van der Waals surface area contributed by atoms with Crippen LogP contribution in [0.15, 0.2) is 24.0 Å². The molecule has 1 aliphatic carbocycles. The van der Waals surface area contributed by atoms with E-state index in [1.165, 1.54) is 20.3 Å². The molecule has 5 nitrogen and oxygen atoms in total. The first-order chi connectivity index (χ1) is 9.13. The fourth-order valence-corrected chi connectivity index (χ4v) is 2.02. The van der Waals surface area contributed by atoms with Gasteiger partial charge >= 0.3 is 0 Å². The third kappa shape index (κ3) is 2.07.